The number of hydrogen-bond donors (Lipinski definition) is 2. The highest BCUT2D eigenvalue weighted by Gasteiger charge is 2.04. The molecule has 0 heterocycles. The summed E-state index contributed by atoms with van der Waals surface area (Å²) in [6.45, 7) is 5.60. The highest BCUT2D eigenvalue weighted by atomic mass is 16.6. The lowest BCUT2D eigenvalue weighted by molar-refractivity contribution is 0.0314. The second-order valence-electron chi connectivity index (χ2n) is 6.45. The van der Waals surface area contributed by atoms with Crippen molar-refractivity contribution in [1.29, 1.82) is 0 Å². The number of para-hydroxylation sites is 2. The lowest BCUT2D eigenvalue weighted by Crippen LogP contribution is -2.13. The first-order chi connectivity index (χ1) is 14.9. The van der Waals surface area contributed by atoms with Gasteiger partial charge in [-0.15, -0.1) is 0 Å². The maximum absolute atomic E-state index is 8.68. The lowest BCUT2D eigenvalue weighted by Gasteiger charge is -2.13. The molecule has 0 radical (unpaired) electrons. The Balaban J connectivity index is 2.02. The van der Waals surface area contributed by atoms with E-state index >= 15 is 0 Å². The average Bonchev–Trinajstić information content (AvgIpc) is 2.77. The average molecular weight is 431 g/mol. The molecule has 0 saturated heterocycles. The molecule has 1 rings (SSSR count). The SMILES string of the molecule is OCCCCOCCOCCOc1ccccc1OCCOCCOCCCCO. The minimum Gasteiger partial charge on any atom is -0.487 e. The molecular weight excluding hydrogens is 392 g/mol. The van der Waals surface area contributed by atoms with Crippen LogP contribution >= 0.6 is 0 Å². The maximum atomic E-state index is 8.68. The van der Waals surface area contributed by atoms with Crippen molar-refractivity contribution in [2.75, 3.05) is 79.3 Å². The van der Waals surface area contributed by atoms with Crippen LogP contribution in [-0.4, -0.2) is 89.5 Å². The molecule has 174 valence electrons. The summed E-state index contributed by atoms with van der Waals surface area (Å²) in [7, 11) is 0. The molecule has 0 unspecified atom stereocenters. The second kappa shape index (κ2) is 20.8. The van der Waals surface area contributed by atoms with Crippen LogP contribution in [0.1, 0.15) is 25.7 Å². The molecule has 0 aliphatic carbocycles. The largest absolute Gasteiger partial charge is 0.487 e. The fourth-order valence-corrected chi connectivity index (χ4v) is 2.39. The van der Waals surface area contributed by atoms with Crippen molar-refractivity contribution in [2.45, 2.75) is 25.7 Å². The van der Waals surface area contributed by atoms with Gasteiger partial charge in [-0.3, -0.25) is 0 Å². The summed E-state index contributed by atoms with van der Waals surface area (Å²) in [4.78, 5) is 0. The molecule has 0 spiro atoms. The van der Waals surface area contributed by atoms with Gasteiger partial charge < -0.3 is 38.6 Å². The molecule has 0 aliphatic rings. The van der Waals surface area contributed by atoms with Gasteiger partial charge in [-0.1, -0.05) is 12.1 Å². The zero-order valence-electron chi connectivity index (χ0n) is 18.0. The summed E-state index contributed by atoms with van der Waals surface area (Å²) in [5.41, 5.74) is 0. The van der Waals surface area contributed by atoms with Crippen LogP contribution in [0.25, 0.3) is 0 Å². The third-order valence-corrected chi connectivity index (χ3v) is 3.96. The first-order valence-corrected chi connectivity index (χ1v) is 10.8. The van der Waals surface area contributed by atoms with Crippen LogP contribution in [0.4, 0.5) is 0 Å². The normalized spacial score (nSPS) is 11.0. The Morgan fingerprint density at radius 2 is 0.833 bits per heavy atom. The molecule has 1 aromatic carbocycles. The van der Waals surface area contributed by atoms with Gasteiger partial charge in [0.05, 0.1) is 39.6 Å². The number of rotatable bonds is 22. The predicted octanol–water partition coefficient (Wildman–Crippen LogP) is 2.06. The molecule has 8 nitrogen and oxygen atoms in total. The van der Waals surface area contributed by atoms with Gasteiger partial charge in [-0.05, 0) is 37.8 Å². The van der Waals surface area contributed by atoms with Gasteiger partial charge in [-0.25, -0.2) is 0 Å². The third kappa shape index (κ3) is 15.4. The minimum absolute atomic E-state index is 0.205. The highest BCUT2D eigenvalue weighted by Crippen LogP contribution is 2.26. The third-order valence-electron chi connectivity index (χ3n) is 3.96. The molecule has 1 aromatic rings. The van der Waals surface area contributed by atoms with Crippen LogP contribution < -0.4 is 9.47 Å². The summed E-state index contributed by atoms with van der Waals surface area (Å²) in [5, 5.41) is 17.4. The van der Waals surface area contributed by atoms with Crippen LogP contribution in [0.3, 0.4) is 0 Å². The maximum Gasteiger partial charge on any atom is 0.161 e. The molecule has 0 aliphatic heterocycles. The topological polar surface area (TPSA) is 95.8 Å². The quantitative estimate of drug-likeness (QED) is 0.270. The van der Waals surface area contributed by atoms with Crippen molar-refractivity contribution in [3.05, 3.63) is 24.3 Å². The molecule has 0 fully saturated rings. The van der Waals surface area contributed by atoms with Crippen LogP contribution in [0.15, 0.2) is 24.3 Å². The van der Waals surface area contributed by atoms with Crippen molar-refractivity contribution in [3.8, 4) is 11.5 Å². The standard InChI is InChI=1S/C22H38O8/c23-9-3-5-11-25-13-15-27-17-19-29-21-7-1-2-8-22(21)30-20-18-28-16-14-26-12-6-4-10-24/h1-2,7-8,23-24H,3-6,9-20H2. The molecule has 0 amide bonds. The van der Waals surface area contributed by atoms with Gasteiger partial charge >= 0.3 is 0 Å². The predicted molar refractivity (Wildman–Crippen MR) is 113 cm³/mol. The summed E-state index contributed by atoms with van der Waals surface area (Å²) >= 11 is 0. The molecule has 0 atom stereocenters. The van der Waals surface area contributed by atoms with Crippen molar-refractivity contribution in [3.63, 3.8) is 0 Å². The van der Waals surface area contributed by atoms with E-state index in [4.69, 9.17) is 38.6 Å². The van der Waals surface area contributed by atoms with Gasteiger partial charge in [0.25, 0.3) is 0 Å². The van der Waals surface area contributed by atoms with Gasteiger partial charge in [0, 0.05) is 26.4 Å². The Kier molecular flexibility index (Phi) is 18.5. The van der Waals surface area contributed by atoms with E-state index in [9.17, 15) is 0 Å². The van der Waals surface area contributed by atoms with Gasteiger partial charge in [-0.2, -0.15) is 0 Å². The number of hydrogen-bond acceptors (Lipinski definition) is 8. The van der Waals surface area contributed by atoms with Crippen molar-refractivity contribution in [1.82, 2.24) is 0 Å². The van der Waals surface area contributed by atoms with Gasteiger partial charge in [0.2, 0.25) is 0 Å². The van der Waals surface area contributed by atoms with Crippen molar-refractivity contribution in [2.24, 2.45) is 0 Å². The van der Waals surface area contributed by atoms with Crippen molar-refractivity contribution >= 4 is 0 Å². The molecular formula is C22H38O8. The first kappa shape index (κ1) is 26.6. The molecule has 8 heteroatoms. The molecule has 0 aromatic heterocycles. The number of benzene rings is 1. The number of unbranched alkanes of at least 4 members (excludes halogenated alkanes) is 2. The summed E-state index contributed by atoms with van der Waals surface area (Å²) in [6.07, 6.45) is 3.26. The fraction of sp³-hybridized carbons (Fsp3) is 0.727. The Labute approximate surface area is 180 Å². The summed E-state index contributed by atoms with van der Waals surface area (Å²) < 4.78 is 33.2. The van der Waals surface area contributed by atoms with E-state index in [1.54, 1.807) is 0 Å². The van der Waals surface area contributed by atoms with E-state index in [1.807, 2.05) is 24.3 Å². The summed E-state index contributed by atoms with van der Waals surface area (Å²) in [5.74, 6) is 1.35. The van der Waals surface area contributed by atoms with Gasteiger partial charge in [0.15, 0.2) is 11.5 Å². The van der Waals surface area contributed by atoms with E-state index in [2.05, 4.69) is 0 Å². The molecule has 0 saturated carbocycles. The van der Waals surface area contributed by atoms with Crippen LogP contribution in [-0.2, 0) is 18.9 Å². The lowest BCUT2D eigenvalue weighted by atomic mass is 10.3. The Morgan fingerprint density at radius 1 is 0.467 bits per heavy atom. The zero-order chi connectivity index (χ0) is 21.5. The van der Waals surface area contributed by atoms with E-state index in [0.29, 0.717) is 77.6 Å². The minimum atomic E-state index is 0.205. The van der Waals surface area contributed by atoms with E-state index < -0.39 is 0 Å². The monoisotopic (exact) mass is 430 g/mol. The number of ether oxygens (including phenoxy) is 6. The number of aliphatic hydroxyl groups is 2. The smallest absolute Gasteiger partial charge is 0.161 e. The Hall–Kier alpha value is -1.42. The van der Waals surface area contributed by atoms with E-state index in [-0.39, 0.29) is 13.2 Å². The first-order valence-electron chi connectivity index (χ1n) is 10.8. The van der Waals surface area contributed by atoms with Gasteiger partial charge in [0.1, 0.15) is 13.2 Å². The summed E-state index contributed by atoms with van der Waals surface area (Å²) in [6, 6.07) is 7.52. The Morgan fingerprint density at radius 3 is 1.23 bits per heavy atom. The van der Waals surface area contributed by atoms with E-state index in [1.165, 1.54) is 0 Å². The van der Waals surface area contributed by atoms with Crippen LogP contribution in [0.2, 0.25) is 0 Å². The highest BCUT2D eigenvalue weighted by molar-refractivity contribution is 5.39. The fourth-order valence-electron chi connectivity index (χ4n) is 2.39. The van der Waals surface area contributed by atoms with Crippen LogP contribution in [0.5, 0.6) is 11.5 Å². The molecule has 30 heavy (non-hydrogen) atoms. The number of aliphatic hydroxyl groups excluding tert-OH is 2. The van der Waals surface area contributed by atoms with E-state index in [0.717, 1.165) is 25.7 Å². The van der Waals surface area contributed by atoms with Crippen LogP contribution in [0, 0.1) is 0 Å². The Bertz CT molecular complexity index is 443. The van der Waals surface area contributed by atoms with Crippen molar-refractivity contribution < 1.29 is 38.6 Å². The zero-order valence-corrected chi connectivity index (χ0v) is 18.0. The second-order valence-corrected chi connectivity index (χ2v) is 6.45. The molecule has 0 bridgehead atoms. The molecule has 2 N–H and O–H groups in total.